The van der Waals surface area contributed by atoms with Crippen molar-refractivity contribution in [3.63, 3.8) is 0 Å². The molecule has 0 heterocycles. The second kappa shape index (κ2) is 11.5. The maximum atomic E-state index is 12.1. The summed E-state index contributed by atoms with van der Waals surface area (Å²) in [5.41, 5.74) is 5.44. The van der Waals surface area contributed by atoms with Gasteiger partial charge in [0.15, 0.2) is 0 Å². The van der Waals surface area contributed by atoms with Crippen LogP contribution in [-0.2, 0) is 19.2 Å². The second-order valence-electron chi connectivity index (χ2n) is 6.77. The van der Waals surface area contributed by atoms with E-state index in [1.165, 1.54) is 13.8 Å². The number of hydrogen-bond donors (Lipinski definition) is 7. The highest BCUT2D eigenvalue weighted by Gasteiger charge is 2.29. The number of aliphatic carboxylic acids is 1. The number of aliphatic hydroxyl groups excluding tert-OH is 2. The lowest BCUT2D eigenvalue weighted by Crippen LogP contribution is -2.58. The van der Waals surface area contributed by atoms with Gasteiger partial charge in [0.2, 0.25) is 17.7 Å². The Morgan fingerprint density at radius 2 is 1.41 bits per heavy atom. The number of carboxylic acid groups (broad SMARTS) is 1. The highest BCUT2D eigenvalue weighted by molar-refractivity contribution is 5.94. The zero-order chi connectivity index (χ0) is 21.3. The number of nitrogens with two attached hydrogens (primary N) is 1. The smallest absolute Gasteiger partial charge is 0.326 e. The molecule has 0 radical (unpaired) electrons. The van der Waals surface area contributed by atoms with Gasteiger partial charge in [0.05, 0.1) is 12.7 Å². The van der Waals surface area contributed by atoms with Crippen molar-refractivity contribution in [2.75, 3.05) is 6.61 Å². The zero-order valence-electron chi connectivity index (χ0n) is 15.9. The third-order valence-corrected chi connectivity index (χ3v) is 3.71. The molecule has 11 heteroatoms. The first kappa shape index (κ1) is 24.8. The Hall–Kier alpha value is -2.24. The molecule has 0 aliphatic heterocycles. The van der Waals surface area contributed by atoms with Crippen LogP contribution in [0, 0.1) is 5.92 Å². The molecule has 0 aliphatic carbocycles. The monoisotopic (exact) mass is 390 g/mol. The van der Waals surface area contributed by atoms with Gasteiger partial charge in [-0.2, -0.15) is 0 Å². The highest BCUT2D eigenvalue weighted by atomic mass is 16.4. The van der Waals surface area contributed by atoms with Crippen LogP contribution in [0.1, 0.15) is 34.1 Å². The minimum absolute atomic E-state index is 0.0309. The van der Waals surface area contributed by atoms with Crippen molar-refractivity contribution in [1.29, 1.82) is 0 Å². The Kier molecular flexibility index (Phi) is 10.5. The molecule has 8 N–H and O–H groups in total. The Bertz CT molecular complexity index is 539. The van der Waals surface area contributed by atoms with E-state index in [0.717, 1.165) is 0 Å². The minimum atomic E-state index is -1.39. The fourth-order valence-corrected chi connectivity index (χ4v) is 2.05. The van der Waals surface area contributed by atoms with E-state index in [1.807, 2.05) is 0 Å². The molecule has 0 bridgehead atoms. The molecular weight excluding hydrogens is 360 g/mol. The number of aliphatic hydroxyl groups is 2. The van der Waals surface area contributed by atoms with Crippen molar-refractivity contribution in [1.82, 2.24) is 16.0 Å². The SMILES string of the molecule is CC(C)CC(NC(=O)C(C)NC(=O)C(CO)NC(=O)C(N)C(C)O)C(=O)O. The van der Waals surface area contributed by atoms with Gasteiger partial charge < -0.3 is 37.0 Å². The van der Waals surface area contributed by atoms with E-state index in [9.17, 15) is 29.4 Å². The van der Waals surface area contributed by atoms with Crippen molar-refractivity contribution >= 4 is 23.7 Å². The van der Waals surface area contributed by atoms with E-state index in [4.69, 9.17) is 10.8 Å². The summed E-state index contributed by atoms with van der Waals surface area (Å²) in [6.07, 6.45) is -0.945. The molecule has 5 unspecified atom stereocenters. The van der Waals surface area contributed by atoms with Crippen LogP contribution in [0.5, 0.6) is 0 Å². The summed E-state index contributed by atoms with van der Waals surface area (Å²) in [5.74, 6) is -3.59. The van der Waals surface area contributed by atoms with E-state index in [1.54, 1.807) is 13.8 Å². The first-order valence-electron chi connectivity index (χ1n) is 8.59. The van der Waals surface area contributed by atoms with Crippen LogP contribution >= 0.6 is 0 Å². The van der Waals surface area contributed by atoms with Crippen molar-refractivity contribution < 1.29 is 34.5 Å². The van der Waals surface area contributed by atoms with Crippen LogP contribution in [-0.4, -0.2) is 75.9 Å². The van der Waals surface area contributed by atoms with Crippen LogP contribution in [0.25, 0.3) is 0 Å². The van der Waals surface area contributed by atoms with Gasteiger partial charge in [-0.05, 0) is 26.2 Å². The van der Waals surface area contributed by atoms with Crippen molar-refractivity contribution in [2.24, 2.45) is 11.7 Å². The van der Waals surface area contributed by atoms with Crippen molar-refractivity contribution in [3.05, 3.63) is 0 Å². The lowest BCUT2D eigenvalue weighted by atomic mass is 10.0. The van der Waals surface area contributed by atoms with Gasteiger partial charge in [-0.1, -0.05) is 13.8 Å². The number of nitrogens with one attached hydrogen (secondary N) is 3. The standard InChI is InChI=1S/C16H30N4O7/c1-7(2)5-10(16(26)27)19-13(23)8(3)18-14(24)11(6-21)20-15(25)12(17)9(4)22/h7-12,21-22H,5-6,17H2,1-4H3,(H,18,24)(H,19,23)(H,20,25)(H,26,27). The minimum Gasteiger partial charge on any atom is -0.480 e. The predicted octanol–water partition coefficient (Wildman–Crippen LogP) is -2.71. The van der Waals surface area contributed by atoms with Crippen molar-refractivity contribution in [2.45, 2.75) is 64.4 Å². The molecular formula is C16H30N4O7. The summed E-state index contributed by atoms with van der Waals surface area (Å²) in [6, 6.07) is -4.89. The van der Waals surface area contributed by atoms with E-state index >= 15 is 0 Å². The molecule has 0 aromatic heterocycles. The van der Waals surface area contributed by atoms with E-state index < -0.39 is 60.6 Å². The summed E-state index contributed by atoms with van der Waals surface area (Å²) < 4.78 is 0. The number of rotatable bonds is 11. The zero-order valence-corrected chi connectivity index (χ0v) is 15.9. The quantitative estimate of drug-likeness (QED) is 0.198. The Morgan fingerprint density at radius 1 is 0.889 bits per heavy atom. The number of hydrogen-bond acceptors (Lipinski definition) is 7. The van der Waals surface area contributed by atoms with Crippen LogP contribution in [0.15, 0.2) is 0 Å². The molecule has 0 spiro atoms. The Balaban J connectivity index is 4.82. The molecule has 27 heavy (non-hydrogen) atoms. The number of amides is 3. The van der Waals surface area contributed by atoms with Crippen LogP contribution < -0.4 is 21.7 Å². The highest BCUT2D eigenvalue weighted by Crippen LogP contribution is 2.05. The molecule has 5 atom stereocenters. The van der Waals surface area contributed by atoms with Crippen LogP contribution in [0.2, 0.25) is 0 Å². The molecule has 156 valence electrons. The fraction of sp³-hybridized carbons (Fsp3) is 0.750. The normalized spacial score (nSPS) is 16.6. The summed E-state index contributed by atoms with van der Waals surface area (Å²) in [4.78, 5) is 47.2. The van der Waals surface area contributed by atoms with E-state index in [2.05, 4.69) is 16.0 Å². The van der Waals surface area contributed by atoms with Crippen LogP contribution in [0.3, 0.4) is 0 Å². The van der Waals surface area contributed by atoms with Gasteiger partial charge in [-0.3, -0.25) is 14.4 Å². The van der Waals surface area contributed by atoms with E-state index in [-0.39, 0.29) is 12.3 Å². The lowest BCUT2D eigenvalue weighted by Gasteiger charge is -2.23. The molecule has 0 fully saturated rings. The topological polar surface area (TPSA) is 191 Å². The Morgan fingerprint density at radius 3 is 1.81 bits per heavy atom. The molecule has 0 aromatic carbocycles. The average molecular weight is 390 g/mol. The number of carboxylic acids is 1. The van der Waals surface area contributed by atoms with Crippen LogP contribution in [0.4, 0.5) is 0 Å². The first-order valence-corrected chi connectivity index (χ1v) is 8.59. The number of carbonyl (C=O) groups excluding carboxylic acids is 3. The van der Waals surface area contributed by atoms with Gasteiger partial charge in [0.1, 0.15) is 24.2 Å². The molecule has 0 rings (SSSR count). The third-order valence-electron chi connectivity index (χ3n) is 3.71. The third kappa shape index (κ3) is 8.80. The van der Waals surface area contributed by atoms with E-state index in [0.29, 0.717) is 0 Å². The molecule has 3 amide bonds. The largest absolute Gasteiger partial charge is 0.480 e. The average Bonchev–Trinajstić information content (AvgIpc) is 2.56. The fourth-order valence-electron chi connectivity index (χ4n) is 2.05. The maximum absolute atomic E-state index is 12.1. The van der Waals surface area contributed by atoms with Gasteiger partial charge in [0.25, 0.3) is 0 Å². The number of carbonyl (C=O) groups is 4. The Labute approximate surface area is 157 Å². The molecule has 0 saturated carbocycles. The van der Waals surface area contributed by atoms with Crippen molar-refractivity contribution in [3.8, 4) is 0 Å². The summed E-state index contributed by atoms with van der Waals surface area (Å²) >= 11 is 0. The summed E-state index contributed by atoms with van der Waals surface area (Å²) in [7, 11) is 0. The predicted molar refractivity (Wildman–Crippen MR) is 95.3 cm³/mol. The molecule has 0 saturated heterocycles. The summed E-state index contributed by atoms with van der Waals surface area (Å²) in [6.45, 7) is 5.48. The van der Waals surface area contributed by atoms with Gasteiger partial charge in [0, 0.05) is 0 Å². The van der Waals surface area contributed by atoms with Gasteiger partial charge in [-0.25, -0.2) is 4.79 Å². The molecule has 11 nitrogen and oxygen atoms in total. The van der Waals surface area contributed by atoms with Gasteiger partial charge in [-0.15, -0.1) is 0 Å². The first-order chi connectivity index (χ1) is 12.4. The van der Waals surface area contributed by atoms with Gasteiger partial charge >= 0.3 is 5.97 Å². The summed E-state index contributed by atoms with van der Waals surface area (Å²) in [5, 5.41) is 34.5. The molecule has 0 aliphatic rings. The molecule has 0 aromatic rings. The maximum Gasteiger partial charge on any atom is 0.326 e. The lowest BCUT2D eigenvalue weighted by molar-refractivity contribution is -0.142. The second-order valence-corrected chi connectivity index (χ2v) is 6.77.